The van der Waals surface area contributed by atoms with E-state index in [1.165, 1.54) is 37.1 Å². The van der Waals surface area contributed by atoms with Crippen LogP contribution in [0.25, 0.3) is 11.3 Å². The number of thiazole rings is 1. The minimum Gasteiger partial charge on any atom is -0.351 e. The summed E-state index contributed by atoms with van der Waals surface area (Å²) in [6.07, 6.45) is 4.94. The predicted molar refractivity (Wildman–Crippen MR) is 104 cm³/mol. The molecule has 1 aliphatic rings. The molecular weight excluding hydrogens is 330 g/mol. The SMILES string of the molecule is Cc1nc(-c2ccccc2)c(C(=O)NCCCN2CCCC[C@H]2C)s1. The monoisotopic (exact) mass is 357 g/mol. The number of rotatable bonds is 6. The number of amides is 1. The number of hydrogen-bond donors (Lipinski definition) is 1. The number of aromatic nitrogens is 1. The van der Waals surface area contributed by atoms with Crippen LogP contribution < -0.4 is 5.32 Å². The largest absolute Gasteiger partial charge is 0.351 e. The number of benzene rings is 1. The van der Waals surface area contributed by atoms with Crippen LogP contribution >= 0.6 is 11.3 Å². The van der Waals surface area contributed by atoms with Crippen LogP contribution in [0.5, 0.6) is 0 Å². The van der Waals surface area contributed by atoms with Gasteiger partial charge in [0.2, 0.25) is 0 Å². The molecule has 0 bridgehead atoms. The average Bonchev–Trinajstić information content (AvgIpc) is 3.03. The first-order valence-corrected chi connectivity index (χ1v) is 10.0. The predicted octanol–water partition coefficient (Wildman–Crippen LogP) is 4.11. The molecule has 0 saturated carbocycles. The van der Waals surface area contributed by atoms with Crippen LogP contribution in [0.1, 0.15) is 47.3 Å². The number of hydrogen-bond acceptors (Lipinski definition) is 4. The Labute approximate surface area is 154 Å². The van der Waals surface area contributed by atoms with Crippen molar-refractivity contribution in [3.05, 3.63) is 40.2 Å². The summed E-state index contributed by atoms with van der Waals surface area (Å²) in [5.74, 6) is -0.00357. The molecule has 1 aliphatic heterocycles. The van der Waals surface area contributed by atoms with Gasteiger partial charge in [0.15, 0.2) is 0 Å². The average molecular weight is 358 g/mol. The number of piperidine rings is 1. The highest BCUT2D eigenvalue weighted by atomic mass is 32.1. The molecule has 1 aromatic heterocycles. The third-order valence-electron chi connectivity index (χ3n) is 4.84. The second kappa shape index (κ2) is 8.59. The molecule has 0 aliphatic carbocycles. The summed E-state index contributed by atoms with van der Waals surface area (Å²) in [6, 6.07) is 10.6. The molecule has 25 heavy (non-hydrogen) atoms. The quantitative estimate of drug-likeness (QED) is 0.791. The summed E-state index contributed by atoms with van der Waals surface area (Å²) in [5, 5.41) is 4.00. The Morgan fingerprint density at radius 1 is 1.32 bits per heavy atom. The van der Waals surface area contributed by atoms with Gasteiger partial charge in [0.05, 0.1) is 10.7 Å². The molecular formula is C20H27N3OS. The Bertz CT molecular complexity index is 698. The summed E-state index contributed by atoms with van der Waals surface area (Å²) >= 11 is 1.47. The lowest BCUT2D eigenvalue weighted by atomic mass is 10.0. The number of nitrogens with one attached hydrogen (secondary N) is 1. The van der Waals surface area contributed by atoms with E-state index in [4.69, 9.17) is 0 Å². The summed E-state index contributed by atoms with van der Waals surface area (Å²) in [7, 11) is 0. The Morgan fingerprint density at radius 2 is 2.12 bits per heavy atom. The van der Waals surface area contributed by atoms with Crippen LogP contribution in [0.4, 0.5) is 0 Å². The van der Waals surface area contributed by atoms with Gasteiger partial charge in [0, 0.05) is 24.7 Å². The Hall–Kier alpha value is -1.72. The third kappa shape index (κ3) is 4.67. The van der Waals surface area contributed by atoms with Crippen LogP contribution in [0.15, 0.2) is 30.3 Å². The molecule has 0 unspecified atom stereocenters. The lowest BCUT2D eigenvalue weighted by Gasteiger charge is -2.33. The first-order chi connectivity index (χ1) is 12.1. The van der Waals surface area contributed by atoms with Crippen LogP contribution in [0.3, 0.4) is 0 Å². The van der Waals surface area contributed by atoms with Gasteiger partial charge in [-0.1, -0.05) is 36.8 Å². The van der Waals surface area contributed by atoms with Crippen molar-refractivity contribution in [3.8, 4) is 11.3 Å². The van der Waals surface area contributed by atoms with Crippen LogP contribution in [0, 0.1) is 6.92 Å². The number of likely N-dealkylation sites (tertiary alicyclic amines) is 1. The van der Waals surface area contributed by atoms with Gasteiger partial charge in [0.25, 0.3) is 5.91 Å². The van der Waals surface area contributed by atoms with Crippen LogP contribution in [-0.2, 0) is 0 Å². The molecule has 134 valence electrons. The summed E-state index contributed by atoms with van der Waals surface area (Å²) in [4.78, 5) is 20.4. The van der Waals surface area contributed by atoms with Crippen molar-refractivity contribution >= 4 is 17.2 Å². The molecule has 3 rings (SSSR count). The van der Waals surface area contributed by atoms with E-state index in [1.807, 2.05) is 37.3 Å². The van der Waals surface area contributed by atoms with E-state index < -0.39 is 0 Å². The molecule has 1 saturated heterocycles. The van der Waals surface area contributed by atoms with E-state index >= 15 is 0 Å². The van der Waals surface area contributed by atoms with Crippen molar-refractivity contribution in [2.45, 2.75) is 45.6 Å². The zero-order valence-corrected chi connectivity index (χ0v) is 15.9. The molecule has 4 nitrogen and oxygen atoms in total. The topological polar surface area (TPSA) is 45.2 Å². The number of nitrogens with zero attached hydrogens (tertiary/aromatic N) is 2. The van der Waals surface area contributed by atoms with E-state index in [-0.39, 0.29) is 5.91 Å². The highest BCUT2D eigenvalue weighted by molar-refractivity contribution is 7.14. The lowest BCUT2D eigenvalue weighted by Crippen LogP contribution is -2.39. The van der Waals surface area contributed by atoms with E-state index in [9.17, 15) is 4.79 Å². The Balaban J connectivity index is 1.55. The van der Waals surface area contributed by atoms with E-state index in [1.54, 1.807) is 0 Å². The number of aryl methyl sites for hydroxylation is 1. The minimum atomic E-state index is -0.00357. The molecule has 0 spiro atoms. The first kappa shape index (κ1) is 18.1. The second-order valence-corrected chi connectivity index (χ2v) is 7.97. The summed E-state index contributed by atoms with van der Waals surface area (Å²) in [6.45, 7) is 7.23. The molecule has 5 heteroatoms. The van der Waals surface area contributed by atoms with Crippen molar-refractivity contribution in [2.75, 3.05) is 19.6 Å². The van der Waals surface area contributed by atoms with Crippen molar-refractivity contribution < 1.29 is 4.79 Å². The summed E-state index contributed by atoms with van der Waals surface area (Å²) < 4.78 is 0. The third-order valence-corrected chi connectivity index (χ3v) is 5.81. The van der Waals surface area contributed by atoms with E-state index in [0.717, 1.165) is 34.1 Å². The molecule has 1 N–H and O–H groups in total. The van der Waals surface area contributed by atoms with Crippen LogP contribution in [0.2, 0.25) is 0 Å². The van der Waals surface area contributed by atoms with E-state index in [0.29, 0.717) is 12.6 Å². The standard InChI is InChI=1S/C20H27N3OS/c1-15-9-6-7-13-23(15)14-8-12-21-20(24)19-18(22-16(2)25-19)17-10-4-3-5-11-17/h3-5,10-11,15H,6-9,12-14H2,1-2H3,(H,21,24)/t15-/m1/s1. The molecule has 1 amide bonds. The fourth-order valence-electron chi connectivity index (χ4n) is 3.43. The van der Waals surface area contributed by atoms with Gasteiger partial charge in [0.1, 0.15) is 4.88 Å². The number of carbonyl (C=O) groups is 1. The van der Waals surface area contributed by atoms with Gasteiger partial charge >= 0.3 is 0 Å². The first-order valence-electron chi connectivity index (χ1n) is 9.20. The molecule has 1 fully saturated rings. The maximum absolute atomic E-state index is 12.6. The fourth-order valence-corrected chi connectivity index (χ4v) is 4.28. The highest BCUT2D eigenvalue weighted by Gasteiger charge is 2.19. The fraction of sp³-hybridized carbons (Fsp3) is 0.500. The highest BCUT2D eigenvalue weighted by Crippen LogP contribution is 2.27. The smallest absolute Gasteiger partial charge is 0.263 e. The maximum Gasteiger partial charge on any atom is 0.263 e. The van der Waals surface area contributed by atoms with Gasteiger partial charge in [-0.15, -0.1) is 11.3 Å². The zero-order valence-electron chi connectivity index (χ0n) is 15.1. The van der Waals surface area contributed by atoms with Crippen molar-refractivity contribution in [1.29, 1.82) is 0 Å². The summed E-state index contributed by atoms with van der Waals surface area (Å²) in [5.41, 5.74) is 1.80. The van der Waals surface area contributed by atoms with Gasteiger partial charge in [-0.2, -0.15) is 0 Å². The number of carbonyl (C=O) groups excluding carboxylic acids is 1. The second-order valence-electron chi connectivity index (χ2n) is 6.77. The normalized spacial score (nSPS) is 18.2. The van der Waals surface area contributed by atoms with Gasteiger partial charge in [-0.3, -0.25) is 4.79 Å². The van der Waals surface area contributed by atoms with Gasteiger partial charge in [-0.25, -0.2) is 4.98 Å². The van der Waals surface area contributed by atoms with E-state index in [2.05, 4.69) is 22.1 Å². The maximum atomic E-state index is 12.6. The molecule has 2 heterocycles. The Kier molecular flexibility index (Phi) is 6.21. The molecule has 1 aromatic carbocycles. The molecule has 0 radical (unpaired) electrons. The zero-order chi connectivity index (χ0) is 17.6. The van der Waals surface area contributed by atoms with Crippen LogP contribution in [-0.4, -0.2) is 41.5 Å². The van der Waals surface area contributed by atoms with Gasteiger partial charge in [-0.05, 0) is 39.7 Å². The molecule has 1 atom stereocenters. The molecule has 2 aromatic rings. The van der Waals surface area contributed by atoms with Gasteiger partial charge < -0.3 is 10.2 Å². The Morgan fingerprint density at radius 3 is 2.88 bits per heavy atom. The lowest BCUT2D eigenvalue weighted by molar-refractivity contribution is 0.0953. The minimum absolute atomic E-state index is 0.00357. The van der Waals surface area contributed by atoms with Crippen molar-refractivity contribution in [1.82, 2.24) is 15.2 Å². The van der Waals surface area contributed by atoms with Crippen molar-refractivity contribution in [2.24, 2.45) is 0 Å². The van der Waals surface area contributed by atoms with Crippen molar-refractivity contribution in [3.63, 3.8) is 0 Å².